The number of unbranched alkanes of at least 4 members (excludes halogenated alkanes) is 8. The fourth-order valence-electron chi connectivity index (χ4n) is 7.40. The van der Waals surface area contributed by atoms with Crippen LogP contribution in [0.25, 0.3) is 0 Å². The predicted molar refractivity (Wildman–Crippen MR) is 220 cm³/mol. The first kappa shape index (κ1) is 55.0. The Bertz CT molecular complexity index is 1150. The van der Waals surface area contributed by atoms with E-state index in [9.17, 15) is 55.9 Å². The van der Waals surface area contributed by atoms with Crippen LogP contribution in [-0.4, -0.2) is 233 Å². The normalized spacial score (nSPS) is 34.1. The highest BCUT2D eigenvalue weighted by molar-refractivity contribution is 5.66. The SMILES string of the molecule is O=C(O)CCCCCNCCNCCCCCCNCCCCCCNCCO[C@H]1O[C@H](CO[C@H]2O[C@H](CO)[C@@H](O)[C@H](O)[C@@H]2O)[C@@H](O)[C@H](O[C@H]2O[C@H](CO)[C@@H](O)[C@H](O)[C@@H]2O)[C@@H]1O. The van der Waals surface area contributed by atoms with E-state index in [2.05, 4.69) is 21.3 Å². The molecule has 0 aromatic rings. The lowest BCUT2D eigenvalue weighted by Gasteiger charge is -2.46. The summed E-state index contributed by atoms with van der Waals surface area (Å²) >= 11 is 0. The molecule has 22 nitrogen and oxygen atoms in total. The Labute approximate surface area is 364 Å². The van der Waals surface area contributed by atoms with Gasteiger partial charge in [0.1, 0.15) is 73.2 Å². The molecule has 0 radical (unpaired) electrons. The highest BCUT2D eigenvalue weighted by atomic mass is 16.7. The summed E-state index contributed by atoms with van der Waals surface area (Å²) in [6.07, 6.45) is -12.2. The van der Waals surface area contributed by atoms with Crippen molar-refractivity contribution >= 4 is 5.97 Å². The smallest absolute Gasteiger partial charge is 0.303 e. The van der Waals surface area contributed by atoms with Crippen LogP contribution in [0.4, 0.5) is 0 Å². The Kier molecular flexibility index (Phi) is 28.0. The first-order valence-corrected chi connectivity index (χ1v) is 22.5. The van der Waals surface area contributed by atoms with Crippen molar-refractivity contribution < 1.29 is 89.4 Å². The summed E-state index contributed by atoms with van der Waals surface area (Å²) in [4.78, 5) is 10.5. The monoisotopic (exact) mass is 903 g/mol. The van der Waals surface area contributed by atoms with E-state index in [0.29, 0.717) is 6.54 Å². The van der Waals surface area contributed by atoms with Crippen LogP contribution >= 0.6 is 0 Å². The minimum Gasteiger partial charge on any atom is -0.481 e. The van der Waals surface area contributed by atoms with E-state index < -0.39 is 118 Å². The Morgan fingerprint density at radius 2 is 0.855 bits per heavy atom. The summed E-state index contributed by atoms with van der Waals surface area (Å²) < 4.78 is 33.7. The van der Waals surface area contributed by atoms with Crippen LogP contribution in [0.1, 0.15) is 77.0 Å². The number of aliphatic carboxylic acids is 1. The molecule has 0 aromatic heterocycles. The van der Waals surface area contributed by atoms with Crippen LogP contribution < -0.4 is 21.3 Å². The molecule has 0 aromatic carbocycles. The molecule has 22 heteroatoms. The third-order valence-electron chi connectivity index (χ3n) is 11.3. The Morgan fingerprint density at radius 1 is 0.435 bits per heavy atom. The zero-order valence-electron chi connectivity index (χ0n) is 35.9. The van der Waals surface area contributed by atoms with Gasteiger partial charge in [-0.15, -0.1) is 0 Å². The predicted octanol–water partition coefficient (Wildman–Crippen LogP) is -4.42. The average molecular weight is 903 g/mol. The molecule has 15 N–H and O–H groups in total. The molecular weight excluding hydrogens is 824 g/mol. The van der Waals surface area contributed by atoms with Gasteiger partial charge in [0.15, 0.2) is 18.9 Å². The number of rotatable bonds is 34. The lowest BCUT2D eigenvalue weighted by molar-refractivity contribution is -0.366. The van der Waals surface area contributed by atoms with Gasteiger partial charge in [-0.2, -0.15) is 0 Å². The summed E-state index contributed by atoms with van der Waals surface area (Å²) in [7, 11) is 0. The standard InChI is InChI=1S/C40H78N4O18/c45-22-25-29(49)32(52)34(54)38(59-25)58-24-27-31(51)37(62-40-35(55)33(53)30(50)26(23-46)60-40)36(56)39(61-27)57-21-20-44-17-10-4-2-8-14-41-13-7-1-3-9-15-42-18-19-43-16-11-5-6-12-28(47)48/h25-27,29-46,49-56H,1-24H2,(H,47,48)/t25-,26-,27-,29-,30-,31-,32+,33+,34+,35+,36+,37+,38+,39+,40-/m1/s1. The Balaban J connectivity index is 1.28. The number of carboxylic acid groups (broad SMARTS) is 1. The number of carbonyl (C=O) groups is 1. The lowest BCUT2D eigenvalue weighted by atomic mass is 9.96. The van der Waals surface area contributed by atoms with Crippen LogP contribution in [0, 0.1) is 0 Å². The van der Waals surface area contributed by atoms with Crippen molar-refractivity contribution in [3.63, 3.8) is 0 Å². The second kappa shape index (κ2) is 31.6. The van der Waals surface area contributed by atoms with Gasteiger partial charge in [0.05, 0.1) is 26.4 Å². The van der Waals surface area contributed by atoms with E-state index in [1.165, 1.54) is 12.8 Å². The van der Waals surface area contributed by atoms with Gasteiger partial charge in [0.2, 0.25) is 0 Å². The van der Waals surface area contributed by atoms with Crippen molar-refractivity contribution in [2.24, 2.45) is 0 Å². The van der Waals surface area contributed by atoms with Crippen molar-refractivity contribution in [3.8, 4) is 0 Å². The van der Waals surface area contributed by atoms with E-state index in [4.69, 9.17) is 33.5 Å². The molecule has 0 saturated carbocycles. The van der Waals surface area contributed by atoms with Crippen molar-refractivity contribution in [1.82, 2.24) is 21.3 Å². The van der Waals surface area contributed by atoms with Gasteiger partial charge in [-0.05, 0) is 71.2 Å². The Hall–Kier alpha value is -1.33. The summed E-state index contributed by atoms with van der Waals surface area (Å²) in [6.45, 7) is 4.98. The minimum absolute atomic E-state index is 0.0582. The van der Waals surface area contributed by atoms with Crippen LogP contribution in [0.15, 0.2) is 0 Å². The first-order valence-electron chi connectivity index (χ1n) is 22.5. The second-order valence-electron chi connectivity index (χ2n) is 16.3. The molecule has 62 heavy (non-hydrogen) atoms. The third-order valence-corrected chi connectivity index (χ3v) is 11.3. The van der Waals surface area contributed by atoms with Crippen molar-refractivity contribution in [3.05, 3.63) is 0 Å². The van der Waals surface area contributed by atoms with Crippen LogP contribution in [-0.2, 0) is 33.2 Å². The summed E-state index contributed by atoms with van der Waals surface area (Å²) in [5, 5.41) is 125. The number of ether oxygens (including phenoxy) is 6. The molecule has 0 bridgehead atoms. The molecule has 3 heterocycles. The summed E-state index contributed by atoms with van der Waals surface area (Å²) in [5.41, 5.74) is 0. The maximum Gasteiger partial charge on any atom is 0.303 e. The number of carboxylic acids is 1. The van der Waals surface area contributed by atoms with Gasteiger partial charge in [-0.25, -0.2) is 0 Å². The van der Waals surface area contributed by atoms with E-state index in [1.54, 1.807) is 0 Å². The Morgan fingerprint density at radius 3 is 1.35 bits per heavy atom. The maximum atomic E-state index is 11.2. The minimum atomic E-state index is -1.84. The molecule has 0 amide bonds. The molecule has 0 spiro atoms. The summed E-state index contributed by atoms with van der Waals surface area (Å²) in [5.74, 6) is -0.727. The zero-order valence-corrected chi connectivity index (χ0v) is 35.9. The number of aliphatic hydroxyl groups is 10. The van der Waals surface area contributed by atoms with E-state index in [1.807, 2.05) is 0 Å². The summed E-state index contributed by atoms with van der Waals surface area (Å²) in [6, 6.07) is 0. The largest absolute Gasteiger partial charge is 0.481 e. The second-order valence-corrected chi connectivity index (χ2v) is 16.3. The highest BCUT2D eigenvalue weighted by Gasteiger charge is 2.52. The molecule has 3 aliphatic heterocycles. The van der Waals surface area contributed by atoms with Gasteiger partial charge >= 0.3 is 5.97 Å². The number of aliphatic hydroxyl groups excluding tert-OH is 10. The van der Waals surface area contributed by atoms with Gasteiger partial charge in [-0.3, -0.25) is 4.79 Å². The van der Waals surface area contributed by atoms with Gasteiger partial charge in [0.25, 0.3) is 0 Å². The van der Waals surface area contributed by atoms with E-state index >= 15 is 0 Å². The quantitative estimate of drug-likeness (QED) is 0.0271. The molecular formula is C40H78N4O18. The van der Waals surface area contributed by atoms with E-state index in [0.717, 1.165) is 104 Å². The molecule has 0 unspecified atom stereocenters. The topological polar surface area (TPSA) is 343 Å². The fourth-order valence-corrected chi connectivity index (χ4v) is 7.40. The molecule has 3 fully saturated rings. The molecule has 366 valence electrons. The number of nitrogens with one attached hydrogen (secondary N) is 4. The third kappa shape index (κ3) is 19.3. The van der Waals surface area contributed by atoms with Crippen molar-refractivity contribution in [2.45, 2.75) is 169 Å². The highest BCUT2D eigenvalue weighted by Crippen LogP contribution is 2.31. The lowest BCUT2D eigenvalue weighted by Crippen LogP contribution is -2.65. The number of hydrogen-bond donors (Lipinski definition) is 15. The van der Waals surface area contributed by atoms with Gasteiger partial charge < -0.3 is 106 Å². The van der Waals surface area contributed by atoms with Crippen LogP contribution in [0.5, 0.6) is 0 Å². The molecule has 15 atom stereocenters. The molecule has 3 rings (SSSR count). The average Bonchev–Trinajstić information content (AvgIpc) is 3.26. The van der Waals surface area contributed by atoms with Crippen molar-refractivity contribution in [1.29, 1.82) is 0 Å². The molecule has 0 aliphatic carbocycles. The van der Waals surface area contributed by atoms with Crippen molar-refractivity contribution in [2.75, 3.05) is 78.8 Å². The van der Waals surface area contributed by atoms with Gasteiger partial charge in [0, 0.05) is 26.1 Å². The first-order chi connectivity index (χ1) is 29.9. The molecule has 3 saturated heterocycles. The number of hydrogen-bond acceptors (Lipinski definition) is 21. The molecule has 3 aliphatic rings. The van der Waals surface area contributed by atoms with Gasteiger partial charge in [-0.1, -0.05) is 32.1 Å². The fraction of sp³-hybridized carbons (Fsp3) is 0.975. The zero-order chi connectivity index (χ0) is 45.3. The van der Waals surface area contributed by atoms with Crippen LogP contribution in [0.3, 0.4) is 0 Å². The maximum absolute atomic E-state index is 11.2. The van der Waals surface area contributed by atoms with E-state index in [-0.39, 0.29) is 13.0 Å². The van der Waals surface area contributed by atoms with Crippen LogP contribution in [0.2, 0.25) is 0 Å².